The summed E-state index contributed by atoms with van der Waals surface area (Å²) in [6.07, 6.45) is 2.83. The van der Waals surface area contributed by atoms with Gasteiger partial charge >= 0.3 is 0 Å². The molecule has 1 aliphatic heterocycles. The Morgan fingerprint density at radius 1 is 1.06 bits per heavy atom. The number of amides is 2. The Bertz CT molecular complexity index is 915. The van der Waals surface area contributed by atoms with E-state index in [4.69, 9.17) is 14.2 Å². The molecule has 1 N–H and O–H groups in total. The van der Waals surface area contributed by atoms with Gasteiger partial charge in [-0.3, -0.25) is 9.59 Å². The predicted octanol–water partition coefficient (Wildman–Crippen LogP) is 3.34. The van der Waals surface area contributed by atoms with Crippen LogP contribution in [0.15, 0.2) is 42.5 Å². The molecule has 172 valence electrons. The van der Waals surface area contributed by atoms with Gasteiger partial charge in [0.25, 0.3) is 0 Å². The molecule has 0 aliphatic carbocycles. The van der Waals surface area contributed by atoms with Crippen molar-refractivity contribution in [3.05, 3.63) is 53.6 Å². The lowest BCUT2D eigenvalue weighted by Gasteiger charge is -2.24. The van der Waals surface area contributed by atoms with Gasteiger partial charge in [-0.2, -0.15) is 0 Å². The van der Waals surface area contributed by atoms with E-state index in [0.29, 0.717) is 37.0 Å². The first kappa shape index (κ1) is 23.4. The minimum absolute atomic E-state index is 0.0215. The Labute approximate surface area is 189 Å². The Balaban J connectivity index is 1.90. The number of hydrogen-bond donors (Lipinski definition) is 1. The van der Waals surface area contributed by atoms with Gasteiger partial charge in [-0.1, -0.05) is 30.3 Å². The lowest BCUT2D eigenvalue weighted by atomic mass is 10.1. The van der Waals surface area contributed by atoms with Crippen LogP contribution in [0.1, 0.15) is 37.3 Å². The van der Waals surface area contributed by atoms with Crippen LogP contribution in [0.4, 0.5) is 0 Å². The number of ether oxygens (including phenoxy) is 3. The van der Waals surface area contributed by atoms with Gasteiger partial charge in [0, 0.05) is 17.7 Å². The summed E-state index contributed by atoms with van der Waals surface area (Å²) in [4.78, 5) is 27.4. The maximum atomic E-state index is 13.3. The summed E-state index contributed by atoms with van der Waals surface area (Å²) >= 11 is 0. The number of benzene rings is 2. The molecule has 0 fully saturated rings. The number of methoxy groups -OCH3 is 1. The van der Waals surface area contributed by atoms with Crippen LogP contribution in [0.2, 0.25) is 0 Å². The summed E-state index contributed by atoms with van der Waals surface area (Å²) in [6.45, 7) is 3.81. The van der Waals surface area contributed by atoms with Crippen LogP contribution >= 0.6 is 0 Å². The Kier molecular flexibility index (Phi) is 8.78. The van der Waals surface area contributed by atoms with Crippen molar-refractivity contribution in [2.45, 2.75) is 39.2 Å². The number of carbonyl (C=O) groups excluding carboxylic acids is 2. The zero-order valence-electron chi connectivity index (χ0n) is 18.9. The Morgan fingerprint density at radius 2 is 1.88 bits per heavy atom. The first-order chi connectivity index (χ1) is 15.6. The van der Waals surface area contributed by atoms with Crippen LogP contribution in [0.25, 0.3) is 0 Å². The van der Waals surface area contributed by atoms with Crippen molar-refractivity contribution in [2.24, 2.45) is 0 Å². The second-order valence-corrected chi connectivity index (χ2v) is 7.67. The minimum atomic E-state index is -0.166. The van der Waals surface area contributed by atoms with Crippen LogP contribution in [0, 0.1) is 0 Å². The fourth-order valence-electron chi connectivity index (χ4n) is 3.72. The van der Waals surface area contributed by atoms with Gasteiger partial charge in [0.1, 0.15) is 5.75 Å². The molecule has 7 nitrogen and oxygen atoms in total. The highest BCUT2D eigenvalue weighted by atomic mass is 16.5. The molecule has 2 amide bonds. The maximum Gasteiger partial charge on any atom is 0.239 e. The second-order valence-electron chi connectivity index (χ2n) is 7.67. The van der Waals surface area contributed by atoms with Gasteiger partial charge in [0.2, 0.25) is 11.8 Å². The first-order valence-corrected chi connectivity index (χ1v) is 11.2. The summed E-state index contributed by atoms with van der Waals surface area (Å²) in [5.74, 6) is 1.62. The van der Waals surface area contributed by atoms with E-state index in [-0.39, 0.29) is 31.3 Å². The van der Waals surface area contributed by atoms with Gasteiger partial charge in [-0.25, -0.2) is 0 Å². The molecule has 2 aromatic rings. The quantitative estimate of drug-likeness (QED) is 0.772. The van der Waals surface area contributed by atoms with Crippen LogP contribution < -0.4 is 19.5 Å². The van der Waals surface area contributed by atoms with E-state index in [0.717, 1.165) is 30.4 Å². The molecule has 1 heterocycles. The van der Waals surface area contributed by atoms with Crippen molar-refractivity contribution in [1.29, 1.82) is 0 Å². The molecule has 0 saturated heterocycles. The van der Waals surface area contributed by atoms with Gasteiger partial charge < -0.3 is 24.4 Å². The third-order valence-electron chi connectivity index (χ3n) is 5.33. The van der Waals surface area contributed by atoms with E-state index in [1.807, 2.05) is 49.4 Å². The summed E-state index contributed by atoms with van der Waals surface area (Å²) in [6, 6.07) is 13.1. The van der Waals surface area contributed by atoms with Gasteiger partial charge in [-0.15, -0.1) is 0 Å². The van der Waals surface area contributed by atoms with E-state index in [1.165, 1.54) is 0 Å². The average Bonchev–Trinajstić information content (AvgIpc) is 2.81. The van der Waals surface area contributed by atoms with Crippen molar-refractivity contribution < 1.29 is 23.8 Å². The fraction of sp³-hybridized carbons (Fsp3) is 0.440. The van der Waals surface area contributed by atoms with Crippen LogP contribution in [0.3, 0.4) is 0 Å². The van der Waals surface area contributed by atoms with Gasteiger partial charge in [0.05, 0.1) is 39.8 Å². The molecule has 0 saturated carbocycles. The van der Waals surface area contributed by atoms with Gasteiger partial charge in [0.15, 0.2) is 11.5 Å². The average molecular weight is 441 g/mol. The zero-order chi connectivity index (χ0) is 22.8. The van der Waals surface area contributed by atoms with Crippen molar-refractivity contribution in [2.75, 3.05) is 33.4 Å². The number of para-hydroxylation sites is 2. The maximum absolute atomic E-state index is 13.3. The Hall–Kier alpha value is -3.22. The standard InChI is InChI=1S/C25H32N2O5/c1-3-31-22-13-9-11-20-17-27(24(29)16-19-10-5-6-12-21(19)30-2)18-23(28)26-14-7-4-8-15-32-25(20)22/h5-6,9-13H,3-4,7-8,14-18H2,1-2H3,(H,26,28). The molecule has 0 spiro atoms. The minimum Gasteiger partial charge on any atom is -0.496 e. The molecule has 7 heteroatoms. The molecule has 0 aromatic heterocycles. The highest BCUT2D eigenvalue weighted by Crippen LogP contribution is 2.33. The van der Waals surface area contributed by atoms with E-state index < -0.39 is 0 Å². The number of fused-ring (bicyclic) bond motifs is 1. The van der Waals surface area contributed by atoms with Gasteiger partial charge in [-0.05, 0) is 38.3 Å². The molecular weight excluding hydrogens is 408 g/mol. The number of rotatable bonds is 5. The predicted molar refractivity (Wildman–Crippen MR) is 122 cm³/mol. The number of carbonyl (C=O) groups is 2. The number of nitrogens with one attached hydrogen (secondary N) is 1. The molecule has 0 radical (unpaired) electrons. The van der Waals surface area contributed by atoms with Crippen molar-refractivity contribution >= 4 is 11.8 Å². The van der Waals surface area contributed by atoms with E-state index in [1.54, 1.807) is 12.0 Å². The summed E-state index contributed by atoms with van der Waals surface area (Å²) in [7, 11) is 1.58. The second kappa shape index (κ2) is 12.0. The smallest absolute Gasteiger partial charge is 0.239 e. The third kappa shape index (κ3) is 6.39. The fourth-order valence-corrected chi connectivity index (χ4v) is 3.72. The molecule has 2 aromatic carbocycles. The topological polar surface area (TPSA) is 77.1 Å². The first-order valence-electron chi connectivity index (χ1n) is 11.2. The lowest BCUT2D eigenvalue weighted by molar-refractivity contribution is -0.136. The number of nitrogens with zero attached hydrogens (tertiary/aromatic N) is 1. The van der Waals surface area contributed by atoms with Crippen molar-refractivity contribution in [1.82, 2.24) is 10.2 Å². The SMILES string of the molecule is CCOc1cccc2c1OCCCCCNC(=O)CN(C(=O)Cc1ccccc1OC)C2. The van der Waals surface area contributed by atoms with E-state index >= 15 is 0 Å². The largest absolute Gasteiger partial charge is 0.496 e. The summed E-state index contributed by atoms with van der Waals surface area (Å²) < 4.78 is 17.3. The summed E-state index contributed by atoms with van der Waals surface area (Å²) in [5.41, 5.74) is 1.60. The van der Waals surface area contributed by atoms with E-state index in [2.05, 4.69) is 5.32 Å². The molecular formula is C25H32N2O5. The number of hydrogen-bond acceptors (Lipinski definition) is 5. The molecule has 32 heavy (non-hydrogen) atoms. The normalized spacial score (nSPS) is 15.2. The van der Waals surface area contributed by atoms with Crippen molar-refractivity contribution in [3.8, 4) is 17.2 Å². The lowest BCUT2D eigenvalue weighted by Crippen LogP contribution is -2.41. The van der Waals surface area contributed by atoms with Crippen molar-refractivity contribution in [3.63, 3.8) is 0 Å². The molecule has 1 aliphatic rings. The highest BCUT2D eigenvalue weighted by molar-refractivity contribution is 5.86. The van der Waals surface area contributed by atoms with Crippen LogP contribution in [-0.2, 0) is 22.6 Å². The molecule has 0 atom stereocenters. The Morgan fingerprint density at radius 3 is 2.69 bits per heavy atom. The summed E-state index contributed by atoms with van der Waals surface area (Å²) in [5, 5.41) is 2.92. The third-order valence-corrected chi connectivity index (χ3v) is 5.33. The molecule has 3 rings (SSSR count). The van der Waals surface area contributed by atoms with Crippen LogP contribution in [-0.4, -0.2) is 50.1 Å². The molecule has 0 bridgehead atoms. The molecule has 0 unspecified atom stereocenters. The highest BCUT2D eigenvalue weighted by Gasteiger charge is 2.22. The van der Waals surface area contributed by atoms with Crippen LogP contribution in [0.5, 0.6) is 17.2 Å². The zero-order valence-corrected chi connectivity index (χ0v) is 18.9. The monoisotopic (exact) mass is 440 g/mol. The van der Waals surface area contributed by atoms with E-state index in [9.17, 15) is 9.59 Å².